The highest BCUT2D eigenvalue weighted by Crippen LogP contribution is 2.09. The zero-order valence-corrected chi connectivity index (χ0v) is 9.46. The van der Waals surface area contributed by atoms with E-state index in [4.69, 9.17) is 5.73 Å². The van der Waals surface area contributed by atoms with Gasteiger partial charge >= 0.3 is 0 Å². The molecule has 1 aliphatic rings. The van der Waals surface area contributed by atoms with Gasteiger partial charge < -0.3 is 16.0 Å². The van der Waals surface area contributed by atoms with Gasteiger partial charge in [-0.3, -0.25) is 0 Å². The van der Waals surface area contributed by atoms with Gasteiger partial charge in [0.1, 0.15) is 0 Å². The number of piperazine rings is 1. The number of thiophene rings is 1. The molecule has 3 N–H and O–H groups in total. The Morgan fingerprint density at radius 3 is 3.00 bits per heavy atom. The molecule has 82 valence electrons. The summed E-state index contributed by atoms with van der Waals surface area (Å²) in [5.41, 5.74) is 5.92. The topological polar surface area (TPSA) is 53.6 Å². The van der Waals surface area contributed by atoms with E-state index >= 15 is 0 Å². The standard InChI is InChI=1S/C10H16N4S/c11-10(14-5-3-12-4-6-14)13-8-9-2-1-7-15-9/h1-2,7,12H,3-6,8H2,(H2,11,13). The summed E-state index contributed by atoms with van der Waals surface area (Å²) in [4.78, 5) is 7.78. The first-order valence-electron chi connectivity index (χ1n) is 5.14. The third-order valence-corrected chi connectivity index (χ3v) is 3.28. The molecule has 0 unspecified atom stereocenters. The van der Waals surface area contributed by atoms with Gasteiger partial charge in [0.2, 0.25) is 0 Å². The minimum Gasteiger partial charge on any atom is -0.370 e. The Morgan fingerprint density at radius 2 is 2.33 bits per heavy atom. The van der Waals surface area contributed by atoms with Crippen LogP contribution in [-0.2, 0) is 6.54 Å². The Balaban J connectivity index is 1.88. The molecule has 1 aromatic rings. The van der Waals surface area contributed by atoms with Crippen molar-refractivity contribution >= 4 is 17.3 Å². The Kier molecular flexibility index (Phi) is 3.58. The number of rotatable bonds is 2. The number of nitrogens with zero attached hydrogens (tertiary/aromatic N) is 2. The van der Waals surface area contributed by atoms with Gasteiger partial charge in [0.25, 0.3) is 0 Å². The summed E-state index contributed by atoms with van der Waals surface area (Å²) in [5.74, 6) is 0.671. The lowest BCUT2D eigenvalue weighted by molar-refractivity contribution is 0.353. The maximum atomic E-state index is 5.92. The van der Waals surface area contributed by atoms with Crippen LogP contribution < -0.4 is 11.1 Å². The van der Waals surface area contributed by atoms with Gasteiger partial charge in [0.05, 0.1) is 6.54 Å². The number of nitrogens with one attached hydrogen (secondary N) is 1. The van der Waals surface area contributed by atoms with Crippen molar-refractivity contribution in [1.29, 1.82) is 0 Å². The maximum absolute atomic E-state index is 5.92. The van der Waals surface area contributed by atoms with Crippen LogP contribution in [0.5, 0.6) is 0 Å². The maximum Gasteiger partial charge on any atom is 0.191 e. The molecule has 0 saturated carbocycles. The third kappa shape index (κ3) is 2.94. The molecule has 0 atom stereocenters. The van der Waals surface area contributed by atoms with E-state index in [2.05, 4.69) is 26.7 Å². The molecule has 2 rings (SSSR count). The first kappa shape index (κ1) is 10.4. The van der Waals surface area contributed by atoms with Crippen LogP contribution in [0.3, 0.4) is 0 Å². The van der Waals surface area contributed by atoms with Crippen LogP contribution in [0.2, 0.25) is 0 Å². The number of hydrogen-bond acceptors (Lipinski definition) is 3. The van der Waals surface area contributed by atoms with E-state index in [1.165, 1.54) is 4.88 Å². The van der Waals surface area contributed by atoms with Gasteiger partial charge in [0, 0.05) is 31.1 Å². The van der Waals surface area contributed by atoms with Crippen molar-refractivity contribution in [3.8, 4) is 0 Å². The second-order valence-electron chi connectivity index (χ2n) is 3.49. The SMILES string of the molecule is NC(=NCc1cccs1)N1CCNCC1. The summed E-state index contributed by atoms with van der Waals surface area (Å²) in [5, 5.41) is 5.35. The number of nitrogens with two attached hydrogens (primary N) is 1. The van der Waals surface area contributed by atoms with Gasteiger partial charge in [-0.1, -0.05) is 6.07 Å². The number of hydrogen-bond donors (Lipinski definition) is 2. The van der Waals surface area contributed by atoms with Crippen molar-refractivity contribution in [3.63, 3.8) is 0 Å². The van der Waals surface area contributed by atoms with E-state index < -0.39 is 0 Å². The minimum absolute atomic E-state index is 0.671. The molecule has 4 nitrogen and oxygen atoms in total. The highest BCUT2D eigenvalue weighted by atomic mass is 32.1. The lowest BCUT2D eigenvalue weighted by Gasteiger charge is -2.28. The molecule has 0 aliphatic carbocycles. The van der Waals surface area contributed by atoms with Gasteiger partial charge in [-0.2, -0.15) is 0 Å². The van der Waals surface area contributed by atoms with E-state index in [0.717, 1.165) is 26.2 Å². The van der Waals surface area contributed by atoms with Crippen LogP contribution >= 0.6 is 11.3 Å². The van der Waals surface area contributed by atoms with Crippen LogP contribution in [0.15, 0.2) is 22.5 Å². The fourth-order valence-corrected chi connectivity index (χ4v) is 2.18. The number of aliphatic imine (C=N–C) groups is 1. The monoisotopic (exact) mass is 224 g/mol. The molecule has 5 heteroatoms. The molecule has 1 saturated heterocycles. The predicted molar refractivity (Wildman–Crippen MR) is 64.1 cm³/mol. The Morgan fingerprint density at radius 1 is 1.53 bits per heavy atom. The normalized spacial score (nSPS) is 18.1. The third-order valence-electron chi connectivity index (χ3n) is 2.42. The van der Waals surface area contributed by atoms with E-state index in [9.17, 15) is 0 Å². The van der Waals surface area contributed by atoms with Crippen molar-refractivity contribution in [2.75, 3.05) is 26.2 Å². The highest BCUT2D eigenvalue weighted by molar-refractivity contribution is 7.09. The lowest BCUT2D eigenvalue weighted by Crippen LogP contribution is -2.49. The average Bonchev–Trinajstić information content (AvgIpc) is 2.80. The molecular weight excluding hydrogens is 208 g/mol. The summed E-state index contributed by atoms with van der Waals surface area (Å²) < 4.78 is 0. The lowest BCUT2D eigenvalue weighted by atomic mass is 10.4. The van der Waals surface area contributed by atoms with Gasteiger partial charge in [0.15, 0.2) is 5.96 Å². The second-order valence-corrected chi connectivity index (χ2v) is 4.52. The van der Waals surface area contributed by atoms with Crippen molar-refractivity contribution in [3.05, 3.63) is 22.4 Å². The molecule has 0 aromatic carbocycles. The van der Waals surface area contributed by atoms with Crippen LogP contribution in [0.25, 0.3) is 0 Å². The average molecular weight is 224 g/mol. The minimum atomic E-state index is 0.671. The summed E-state index contributed by atoms with van der Waals surface area (Å²) >= 11 is 1.72. The summed E-state index contributed by atoms with van der Waals surface area (Å²) in [7, 11) is 0. The van der Waals surface area contributed by atoms with Crippen LogP contribution in [0.1, 0.15) is 4.88 Å². The van der Waals surface area contributed by atoms with E-state index in [0.29, 0.717) is 12.5 Å². The smallest absolute Gasteiger partial charge is 0.191 e. The zero-order valence-electron chi connectivity index (χ0n) is 8.65. The second kappa shape index (κ2) is 5.14. The zero-order chi connectivity index (χ0) is 10.5. The van der Waals surface area contributed by atoms with Gasteiger partial charge in [-0.25, -0.2) is 4.99 Å². The first-order valence-corrected chi connectivity index (χ1v) is 6.02. The molecule has 0 spiro atoms. The van der Waals surface area contributed by atoms with Crippen molar-refractivity contribution < 1.29 is 0 Å². The fraction of sp³-hybridized carbons (Fsp3) is 0.500. The molecule has 1 aliphatic heterocycles. The van der Waals surface area contributed by atoms with E-state index in [-0.39, 0.29) is 0 Å². The molecule has 1 aromatic heterocycles. The van der Waals surface area contributed by atoms with Crippen molar-refractivity contribution in [2.24, 2.45) is 10.7 Å². The molecule has 15 heavy (non-hydrogen) atoms. The van der Waals surface area contributed by atoms with E-state index in [1.54, 1.807) is 11.3 Å². The first-order chi connectivity index (χ1) is 7.36. The van der Waals surface area contributed by atoms with Gasteiger partial charge in [-0.15, -0.1) is 11.3 Å². The van der Waals surface area contributed by atoms with Gasteiger partial charge in [-0.05, 0) is 11.4 Å². The van der Waals surface area contributed by atoms with Crippen LogP contribution in [0, 0.1) is 0 Å². The molecule has 0 amide bonds. The predicted octanol–water partition coefficient (Wildman–Crippen LogP) is 0.468. The molecule has 1 fully saturated rings. The Labute approximate surface area is 93.8 Å². The van der Waals surface area contributed by atoms with Crippen LogP contribution in [-0.4, -0.2) is 37.0 Å². The molecular formula is C10H16N4S. The molecule has 0 bridgehead atoms. The molecule has 0 radical (unpaired) electrons. The largest absolute Gasteiger partial charge is 0.370 e. The van der Waals surface area contributed by atoms with Crippen LogP contribution in [0.4, 0.5) is 0 Å². The van der Waals surface area contributed by atoms with E-state index in [1.807, 2.05) is 6.07 Å². The summed E-state index contributed by atoms with van der Waals surface area (Å²) in [6.07, 6.45) is 0. The Hall–Kier alpha value is -1.07. The quantitative estimate of drug-likeness (QED) is 0.567. The highest BCUT2D eigenvalue weighted by Gasteiger charge is 2.10. The Bertz CT molecular complexity index is 314. The molecule has 2 heterocycles. The van der Waals surface area contributed by atoms with Crippen molar-refractivity contribution in [2.45, 2.75) is 6.54 Å². The number of guanidine groups is 1. The van der Waals surface area contributed by atoms with Crippen molar-refractivity contribution in [1.82, 2.24) is 10.2 Å². The summed E-state index contributed by atoms with van der Waals surface area (Å²) in [6.45, 7) is 4.61. The summed E-state index contributed by atoms with van der Waals surface area (Å²) in [6, 6.07) is 4.12. The fourth-order valence-electron chi connectivity index (χ4n) is 1.56.